The van der Waals surface area contributed by atoms with Gasteiger partial charge in [0.1, 0.15) is 16.5 Å². The van der Waals surface area contributed by atoms with E-state index in [1.54, 1.807) is 23.0 Å². The molecule has 158 valence electrons. The van der Waals surface area contributed by atoms with Crippen molar-refractivity contribution in [2.24, 2.45) is 0 Å². The van der Waals surface area contributed by atoms with Crippen LogP contribution in [0.2, 0.25) is 0 Å². The van der Waals surface area contributed by atoms with E-state index < -0.39 is 16.8 Å². The molecule has 4 rings (SSSR count). The van der Waals surface area contributed by atoms with E-state index in [-0.39, 0.29) is 10.7 Å². The van der Waals surface area contributed by atoms with Gasteiger partial charge in [0, 0.05) is 24.8 Å². The van der Waals surface area contributed by atoms with Crippen LogP contribution < -0.4 is 20.3 Å². The number of hydrogen-bond donors (Lipinski definition) is 3. The fourth-order valence-corrected chi connectivity index (χ4v) is 4.96. The van der Waals surface area contributed by atoms with E-state index in [1.807, 2.05) is 7.05 Å². The van der Waals surface area contributed by atoms with Gasteiger partial charge in [-0.3, -0.25) is 0 Å². The number of rotatable bonds is 7. The fourth-order valence-electron chi connectivity index (χ4n) is 3.44. The van der Waals surface area contributed by atoms with E-state index in [2.05, 4.69) is 20.5 Å². The maximum atomic E-state index is 14.6. The van der Waals surface area contributed by atoms with Crippen molar-refractivity contribution in [1.29, 1.82) is 0 Å². The van der Waals surface area contributed by atoms with Gasteiger partial charge >= 0.3 is 0 Å². The normalized spacial score (nSPS) is 17.3. The number of benzene rings is 2. The first-order valence-corrected chi connectivity index (χ1v) is 11.6. The summed E-state index contributed by atoms with van der Waals surface area (Å²) in [6.45, 7) is 1.58. The van der Waals surface area contributed by atoms with Gasteiger partial charge < -0.3 is 15.5 Å². The van der Waals surface area contributed by atoms with Crippen molar-refractivity contribution in [2.45, 2.75) is 17.4 Å². The molecule has 4 N–H and O–H groups in total. The molecule has 1 aliphatic heterocycles. The Kier molecular flexibility index (Phi) is 6.38. The Morgan fingerprint density at radius 2 is 2.13 bits per heavy atom. The lowest BCUT2D eigenvalue weighted by Gasteiger charge is -2.23. The minimum absolute atomic E-state index is 0.0873. The number of halogens is 2. The maximum absolute atomic E-state index is 14.6. The second-order valence-corrected chi connectivity index (χ2v) is 8.97. The minimum atomic E-state index is -1.64. The molecule has 0 bridgehead atoms. The lowest BCUT2D eigenvalue weighted by molar-refractivity contribution is -0.393. The second kappa shape index (κ2) is 9.17. The van der Waals surface area contributed by atoms with Crippen LogP contribution in [0.25, 0.3) is 0 Å². The van der Waals surface area contributed by atoms with Crippen LogP contribution in [0.15, 0.2) is 52.2 Å². The van der Waals surface area contributed by atoms with Gasteiger partial charge in [-0.15, -0.1) is 11.3 Å². The highest BCUT2D eigenvalue weighted by molar-refractivity contribution is 7.78. The molecule has 0 aliphatic carbocycles. The Morgan fingerprint density at radius 3 is 2.83 bits per heavy atom. The molecule has 0 spiro atoms. The third-order valence-electron chi connectivity index (χ3n) is 5.00. The predicted octanol–water partition coefficient (Wildman–Crippen LogP) is 2.88. The second-order valence-electron chi connectivity index (χ2n) is 6.98. The largest absolute Gasteiger partial charge is 0.368 e. The van der Waals surface area contributed by atoms with Crippen molar-refractivity contribution in [3.8, 4) is 0 Å². The molecule has 1 saturated heterocycles. The van der Waals surface area contributed by atoms with E-state index in [1.165, 1.54) is 40.3 Å². The molecule has 1 aromatic heterocycles. The Bertz CT molecular complexity index is 1050. The van der Waals surface area contributed by atoms with Gasteiger partial charge in [0.15, 0.2) is 0 Å². The summed E-state index contributed by atoms with van der Waals surface area (Å²) < 4.78 is 42.4. The summed E-state index contributed by atoms with van der Waals surface area (Å²) in [5.74, 6) is -0.343. The Morgan fingerprint density at radius 1 is 1.27 bits per heavy atom. The molecule has 2 unspecified atom stereocenters. The quantitative estimate of drug-likeness (QED) is 0.516. The first-order valence-electron chi connectivity index (χ1n) is 9.45. The summed E-state index contributed by atoms with van der Waals surface area (Å²) in [7, 11) is 0.274. The third kappa shape index (κ3) is 4.67. The summed E-state index contributed by atoms with van der Waals surface area (Å²) in [6.07, 6.45) is 0.969. The smallest absolute Gasteiger partial charge is 0.248 e. The highest BCUT2D eigenvalue weighted by Gasteiger charge is 2.24. The zero-order valence-corrected chi connectivity index (χ0v) is 17.9. The summed E-state index contributed by atoms with van der Waals surface area (Å²) in [4.78, 5) is 6.24. The molecule has 2 atom stereocenters. The summed E-state index contributed by atoms with van der Waals surface area (Å²) in [5.41, 5.74) is 3.55. The molecule has 0 amide bonds. The van der Waals surface area contributed by atoms with Crippen LogP contribution in [0.5, 0.6) is 0 Å². The summed E-state index contributed by atoms with van der Waals surface area (Å²) in [5, 5.41) is 8.17. The predicted molar refractivity (Wildman–Crippen MR) is 116 cm³/mol. The van der Waals surface area contributed by atoms with E-state index in [4.69, 9.17) is 0 Å². The molecule has 2 heterocycles. The van der Waals surface area contributed by atoms with Crippen molar-refractivity contribution >= 4 is 45.2 Å². The van der Waals surface area contributed by atoms with Crippen molar-refractivity contribution in [3.05, 3.63) is 58.9 Å². The number of hydrogen-bond acceptors (Lipinski definition) is 6. The molecular formula is C20H22F2N5OS2+. The number of likely N-dealkylation sites (N-methyl/N-ethyl adjacent to an activating group) is 1. The minimum Gasteiger partial charge on any atom is -0.368 e. The van der Waals surface area contributed by atoms with Crippen LogP contribution in [-0.2, 0) is 11.0 Å². The zero-order chi connectivity index (χ0) is 21.1. The van der Waals surface area contributed by atoms with Gasteiger partial charge in [0.25, 0.3) is 0 Å². The van der Waals surface area contributed by atoms with E-state index in [0.717, 1.165) is 25.2 Å². The van der Waals surface area contributed by atoms with Crippen LogP contribution in [0.3, 0.4) is 0 Å². The molecular weight excluding hydrogens is 428 g/mol. The number of thiazole rings is 1. The van der Waals surface area contributed by atoms with Crippen LogP contribution in [0, 0.1) is 11.6 Å². The van der Waals surface area contributed by atoms with Crippen LogP contribution in [0.1, 0.15) is 6.42 Å². The summed E-state index contributed by atoms with van der Waals surface area (Å²) >= 11 is 1.38. The fraction of sp³-hybridized carbons (Fsp3) is 0.250. The van der Waals surface area contributed by atoms with Crippen molar-refractivity contribution < 1.29 is 17.7 Å². The molecule has 3 aromatic rings. The number of nitrogens with zero attached hydrogens (tertiary/aromatic N) is 2. The Balaban J connectivity index is 1.53. The molecule has 0 radical (unpaired) electrons. The topological polar surface area (TPSA) is 73.9 Å². The van der Waals surface area contributed by atoms with Crippen LogP contribution >= 0.6 is 11.3 Å². The summed E-state index contributed by atoms with van der Waals surface area (Å²) in [6, 6.07) is 9.32. The first-order chi connectivity index (χ1) is 14.5. The SMILES string of the molecule is CNC1CCN(c2cc(F)ccc2Nc2ccc(S(=O)[NH2+]c3cscn3)c(F)c2)C1. The number of anilines is 3. The average molecular weight is 451 g/mol. The van der Waals surface area contributed by atoms with Gasteiger partial charge in [-0.05, 0) is 49.9 Å². The highest BCUT2D eigenvalue weighted by atomic mass is 32.2. The monoisotopic (exact) mass is 450 g/mol. The molecule has 10 heteroatoms. The standard InChI is InChI=1S/C20H21F2N5OS2/c1-23-15-6-7-27(10-15)18-8-13(21)2-4-17(18)25-14-3-5-19(16(22)9-14)30(28)26-20-11-29-12-24-20/h2-5,8-9,11-12,15,23,25-26H,6-7,10H2,1H3/p+1. The lowest BCUT2D eigenvalue weighted by atomic mass is 10.2. The molecule has 1 fully saturated rings. The maximum Gasteiger partial charge on any atom is 0.248 e. The Labute approximate surface area is 179 Å². The van der Waals surface area contributed by atoms with E-state index >= 15 is 0 Å². The lowest BCUT2D eigenvalue weighted by Crippen LogP contribution is -2.78. The molecule has 0 saturated carbocycles. The molecule has 1 aliphatic rings. The van der Waals surface area contributed by atoms with Crippen LogP contribution in [-0.4, -0.2) is 35.4 Å². The van der Waals surface area contributed by atoms with Crippen LogP contribution in [0.4, 0.5) is 31.7 Å². The van der Waals surface area contributed by atoms with Crippen molar-refractivity contribution in [3.63, 3.8) is 0 Å². The van der Waals surface area contributed by atoms with Crippen molar-refractivity contribution in [1.82, 2.24) is 10.3 Å². The van der Waals surface area contributed by atoms with E-state index in [0.29, 0.717) is 23.2 Å². The Hall–Kier alpha value is -2.40. The average Bonchev–Trinajstić information content (AvgIpc) is 3.41. The molecule has 2 aromatic carbocycles. The van der Waals surface area contributed by atoms with Gasteiger partial charge in [-0.1, -0.05) is 0 Å². The zero-order valence-electron chi connectivity index (χ0n) is 16.3. The number of quaternary nitrogens is 1. The van der Waals surface area contributed by atoms with Gasteiger partial charge in [-0.2, -0.15) is 9.19 Å². The highest BCUT2D eigenvalue weighted by Crippen LogP contribution is 2.32. The number of aromatic nitrogens is 1. The third-order valence-corrected chi connectivity index (χ3v) is 6.83. The number of nitrogens with one attached hydrogen (secondary N) is 2. The molecule has 30 heavy (non-hydrogen) atoms. The van der Waals surface area contributed by atoms with Gasteiger partial charge in [0.05, 0.1) is 22.3 Å². The number of nitrogens with two attached hydrogens (primary N) is 1. The van der Waals surface area contributed by atoms with Gasteiger partial charge in [0.2, 0.25) is 16.8 Å². The van der Waals surface area contributed by atoms with Gasteiger partial charge in [-0.25, -0.2) is 13.5 Å². The van der Waals surface area contributed by atoms with E-state index in [9.17, 15) is 13.0 Å². The van der Waals surface area contributed by atoms with Crippen molar-refractivity contribution in [2.75, 3.05) is 30.4 Å². The first kappa shape index (κ1) is 20.9. The molecule has 6 nitrogen and oxygen atoms in total.